The van der Waals surface area contributed by atoms with Gasteiger partial charge in [-0.15, -0.1) is 0 Å². The molecule has 0 spiro atoms. The van der Waals surface area contributed by atoms with E-state index < -0.39 is 18.0 Å². The number of nitrogens with one attached hydrogen (secondary N) is 2. The first-order valence-electron chi connectivity index (χ1n) is 2.48. The lowest BCUT2D eigenvalue weighted by Gasteiger charge is -2.06. The summed E-state index contributed by atoms with van der Waals surface area (Å²) in [7, 11) is 0. The fraction of sp³-hybridized carbons (Fsp3) is 0.500. The highest BCUT2D eigenvalue weighted by Gasteiger charge is 2.38. The van der Waals surface area contributed by atoms with Gasteiger partial charge in [0.25, 0.3) is 0 Å². The van der Waals surface area contributed by atoms with Crippen molar-refractivity contribution in [1.82, 2.24) is 10.9 Å². The van der Waals surface area contributed by atoms with Crippen molar-refractivity contribution in [3.8, 4) is 0 Å². The van der Waals surface area contributed by atoms with Crippen molar-refractivity contribution in [2.75, 3.05) is 0 Å². The zero-order valence-electron chi connectivity index (χ0n) is 5.45. The summed E-state index contributed by atoms with van der Waals surface area (Å²) in [6.45, 7) is 0.969. The first-order valence-corrected chi connectivity index (χ1v) is 2.48. The van der Waals surface area contributed by atoms with Crippen LogP contribution in [0.2, 0.25) is 0 Å². The van der Waals surface area contributed by atoms with Crippen LogP contribution < -0.4 is 10.9 Å². The second kappa shape index (κ2) is 3.22. The Morgan fingerprint density at radius 1 is 1.18 bits per heavy atom. The zero-order chi connectivity index (χ0) is 9.07. The van der Waals surface area contributed by atoms with Gasteiger partial charge in [0.05, 0.1) is 0 Å². The number of carbonyl (C=O) groups is 2. The number of hydrogen-bond donors (Lipinski definition) is 2. The lowest BCUT2D eigenvalue weighted by Crippen LogP contribution is -2.46. The predicted octanol–water partition coefficient (Wildman–Crippen LogP) is -0.284. The summed E-state index contributed by atoms with van der Waals surface area (Å²) in [5, 5.41) is 0. The van der Waals surface area contributed by atoms with Crippen LogP contribution in [0.25, 0.3) is 0 Å². The van der Waals surface area contributed by atoms with Crippen LogP contribution in [0.3, 0.4) is 0 Å². The van der Waals surface area contributed by atoms with Gasteiger partial charge < -0.3 is 0 Å². The number of halogens is 3. The second-order valence-corrected chi connectivity index (χ2v) is 1.63. The molecule has 0 unspecified atom stereocenters. The summed E-state index contributed by atoms with van der Waals surface area (Å²) in [5.41, 5.74) is 2.65. The molecule has 2 amide bonds. The largest absolute Gasteiger partial charge is 0.472 e. The van der Waals surface area contributed by atoms with Gasteiger partial charge in [-0.25, -0.2) is 0 Å². The number of alkyl halides is 3. The van der Waals surface area contributed by atoms with Gasteiger partial charge in [-0.1, -0.05) is 0 Å². The standard InChI is InChI=1S/C4H5F3N2O2/c1-2(10)8-9-3(11)4(5,6)7/h1H3,(H,8,10)(H,9,11). The van der Waals surface area contributed by atoms with Crippen molar-refractivity contribution in [2.45, 2.75) is 13.1 Å². The average molecular weight is 170 g/mol. The molecule has 0 rings (SSSR count). The lowest BCUT2D eigenvalue weighted by atomic mass is 10.6. The van der Waals surface area contributed by atoms with Gasteiger partial charge in [0, 0.05) is 6.92 Å². The van der Waals surface area contributed by atoms with Crippen molar-refractivity contribution in [1.29, 1.82) is 0 Å². The Morgan fingerprint density at radius 2 is 1.64 bits per heavy atom. The summed E-state index contributed by atoms with van der Waals surface area (Å²) in [6, 6.07) is 0. The Bertz CT molecular complexity index is 177. The smallest absolute Gasteiger partial charge is 0.274 e. The number of carbonyl (C=O) groups excluding carboxylic acids is 2. The van der Waals surface area contributed by atoms with E-state index in [9.17, 15) is 22.8 Å². The fourth-order valence-corrected chi connectivity index (χ4v) is 0.216. The van der Waals surface area contributed by atoms with Gasteiger partial charge >= 0.3 is 12.1 Å². The molecule has 0 bridgehead atoms. The van der Waals surface area contributed by atoms with Crippen LogP contribution in [0.5, 0.6) is 0 Å². The number of hydrogen-bond acceptors (Lipinski definition) is 2. The summed E-state index contributed by atoms with van der Waals surface area (Å²) >= 11 is 0. The third-order valence-corrected chi connectivity index (χ3v) is 0.610. The maximum absolute atomic E-state index is 11.3. The van der Waals surface area contributed by atoms with E-state index in [1.54, 1.807) is 0 Å². The molecule has 0 aromatic carbocycles. The minimum atomic E-state index is -4.97. The summed E-state index contributed by atoms with van der Waals surface area (Å²) in [5.74, 6) is -2.98. The quantitative estimate of drug-likeness (QED) is 0.491. The van der Waals surface area contributed by atoms with Crippen molar-refractivity contribution in [3.63, 3.8) is 0 Å². The Kier molecular flexibility index (Phi) is 2.85. The highest BCUT2D eigenvalue weighted by molar-refractivity contribution is 5.84. The minimum absolute atomic E-state index is 0.775. The lowest BCUT2D eigenvalue weighted by molar-refractivity contribution is -0.175. The molecular formula is C4H5F3N2O2. The monoisotopic (exact) mass is 170 g/mol. The van der Waals surface area contributed by atoms with Crippen LogP contribution in [0.1, 0.15) is 6.92 Å². The maximum Gasteiger partial charge on any atom is 0.472 e. The van der Waals surface area contributed by atoms with Gasteiger partial charge in [0.15, 0.2) is 0 Å². The third kappa shape index (κ3) is 4.18. The SMILES string of the molecule is CC(=O)NNC(=O)C(F)(F)F. The Morgan fingerprint density at radius 3 is 1.91 bits per heavy atom. The molecule has 64 valence electrons. The van der Waals surface area contributed by atoms with Crippen LogP contribution in [-0.2, 0) is 9.59 Å². The predicted molar refractivity (Wildman–Crippen MR) is 28.0 cm³/mol. The molecule has 11 heavy (non-hydrogen) atoms. The van der Waals surface area contributed by atoms with Crippen LogP contribution >= 0.6 is 0 Å². The maximum atomic E-state index is 11.3. The molecule has 0 fully saturated rings. The Balaban J connectivity index is 3.80. The van der Waals surface area contributed by atoms with E-state index in [-0.39, 0.29) is 0 Å². The number of amides is 2. The molecule has 0 radical (unpaired) electrons. The normalized spacial score (nSPS) is 10.5. The van der Waals surface area contributed by atoms with Gasteiger partial charge in [-0.2, -0.15) is 13.2 Å². The van der Waals surface area contributed by atoms with E-state index >= 15 is 0 Å². The first-order chi connectivity index (χ1) is 4.84. The third-order valence-electron chi connectivity index (χ3n) is 0.610. The highest BCUT2D eigenvalue weighted by Crippen LogP contribution is 2.13. The topological polar surface area (TPSA) is 58.2 Å². The molecule has 0 aliphatic carbocycles. The Hall–Kier alpha value is -1.27. The van der Waals surface area contributed by atoms with Gasteiger partial charge in [-0.05, 0) is 0 Å². The molecule has 0 atom stereocenters. The molecule has 7 heteroatoms. The van der Waals surface area contributed by atoms with Crippen molar-refractivity contribution >= 4 is 11.8 Å². The Labute approximate surface area is 59.7 Å². The molecule has 2 N–H and O–H groups in total. The van der Waals surface area contributed by atoms with Gasteiger partial charge in [0.1, 0.15) is 0 Å². The van der Waals surface area contributed by atoms with Crippen molar-refractivity contribution in [3.05, 3.63) is 0 Å². The van der Waals surface area contributed by atoms with Gasteiger partial charge in [-0.3, -0.25) is 20.4 Å². The highest BCUT2D eigenvalue weighted by atomic mass is 19.4. The molecule has 0 aliphatic heterocycles. The molecule has 0 aliphatic rings. The number of hydrazine groups is 1. The summed E-state index contributed by atoms with van der Waals surface area (Å²) in [4.78, 5) is 19.9. The zero-order valence-corrected chi connectivity index (χ0v) is 5.45. The van der Waals surface area contributed by atoms with Crippen LogP contribution in [0.4, 0.5) is 13.2 Å². The second-order valence-electron chi connectivity index (χ2n) is 1.63. The fourth-order valence-electron chi connectivity index (χ4n) is 0.216. The van der Waals surface area contributed by atoms with Gasteiger partial charge in [0.2, 0.25) is 5.91 Å². The van der Waals surface area contributed by atoms with E-state index in [4.69, 9.17) is 0 Å². The van der Waals surface area contributed by atoms with Crippen LogP contribution in [0.15, 0.2) is 0 Å². The van der Waals surface area contributed by atoms with Crippen molar-refractivity contribution in [2.24, 2.45) is 0 Å². The van der Waals surface area contributed by atoms with E-state index in [1.165, 1.54) is 5.43 Å². The van der Waals surface area contributed by atoms with E-state index in [1.807, 2.05) is 0 Å². The van der Waals surface area contributed by atoms with Crippen molar-refractivity contribution < 1.29 is 22.8 Å². The summed E-state index contributed by atoms with van der Waals surface area (Å²) < 4.78 is 34.0. The first kappa shape index (κ1) is 9.73. The summed E-state index contributed by atoms with van der Waals surface area (Å²) in [6.07, 6.45) is -4.97. The van der Waals surface area contributed by atoms with E-state index in [0.717, 1.165) is 12.3 Å². The van der Waals surface area contributed by atoms with Crippen LogP contribution in [0, 0.1) is 0 Å². The molecule has 0 saturated carbocycles. The minimum Gasteiger partial charge on any atom is -0.274 e. The average Bonchev–Trinajstić information content (AvgIpc) is 1.80. The molecular weight excluding hydrogens is 165 g/mol. The van der Waals surface area contributed by atoms with Crippen LogP contribution in [-0.4, -0.2) is 18.0 Å². The molecule has 4 nitrogen and oxygen atoms in total. The molecule has 0 aromatic rings. The number of rotatable bonds is 0. The van der Waals surface area contributed by atoms with E-state index in [0.29, 0.717) is 0 Å². The molecule has 0 aromatic heterocycles. The molecule has 0 heterocycles. The molecule has 0 saturated heterocycles. The van der Waals surface area contributed by atoms with E-state index in [2.05, 4.69) is 0 Å².